The quantitative estimate of drug-likeness (QED) is 0.721. The number of hydrogen-bond acceptors (Lipinski definition) is 5. The highest BCUT2D eigenvalue weighted by Gasteiger charge is 2.34. The van der Waals surface area contributed by atoms with Crippen molar-refractivity contribution in [3.63, 3.8) is 0 Å². The van der Waals surface area contributed by atoms with Gasteiger partial charge in [-0.25, -0.2) is 9.48 Å². The zero-order valence-corrected chi connectivity index (χ0v) is 16.8. The minimum atomic E-state index is -3.58. The van der Waals surface area contributed by atoms with E-state index in [9.17, 15) is 13.2 Å². The van der Waals surface area contributed by atoms with Gasteiger partial charge in [-0.05, 0) is 26.0 Å². The second-order valence-corrected chi connectivity index (χ2v) is 8.76. The van der Waals surface area contributed by atoms with Gasteiger partial charge in [-0.1, -0.05) is 17.7 Å². The molecule has 0 bridgehead atoms. The summed E-state index contributed by atoms with van der Waals surface area (Å²) in [6.07, 6.45) is 0.461. The monoisotopic (exact) mass is 392 g/mol. The van der Waals surface area contributed by atoms with Crippen molar-refractivity contribution >= 4 is 16.2 Å². The van der Waals surface area contributed by atoms with Crippen molar-refractivity contribution < 1.29 is 17.9 Å². The van der Waals surface area contributed by atoms with Gasteiger partial charge >= 0.3 is 5.97 Å². The summed E-state index contributed by atoms with van der Waals surface area (Å²) in [6, 6.07) is 7.80. The van der Waals surface area contributed by atoms with E-state index in [1.807, 2.05) is 31.2 Å². The SMILES string of the molecule is CCOC(=O)c1nn(-c2ccc(C)cc2)c2c1CN(S(=O)(=O)N(C)C)CC2. The van der Waals surface area contributed by atoms with Crippen LogP contribution in [0.25, 0.3) is 5.69 Å². The first-order valence-electron chi connectivity index (χ1n) is 8.78. The number of benzene rings is 1. The fourth-order valence-electron chi connectivity index (χ4n) is 3.09. The van der Waals surface area contributed by atoms with Crippen molar-refractivity contribution in [1.82, 2.24) is 18.4 Å². The number of nitrogens with zero attached hydrogens (tertiary/aromatic N) is 4. The fourth-order valence-corrected chi connectivity index (χ4v) is 4.16. The van der Waals surface area contributed by atoms with Crippen LogP contribution in [0.1, 0.15) is 34.2 Å². The molecule has 8 nitrogen and oxygen atoms in total. The zero-order valence-electron chi connectivity index (χ0n) is 16.0. The highest BCUT2D eigenvalue weighted by molar-refractivity contribution is 7.86. The Balaban J connectivity index is 2.08. The molecule has 9 heteroatoms. The maximum absolute atomic E-state index is 12.5. The van der Waals surface area contributed by atoms with E-state index in [-0.39, 0.29) is 18.8 Å². The summed E-state index contributed by atoms with van der Waals surface area (Å²) in [7, 11) is -0.595. The molecule has 0 N–H and O–H groups in total. The Hall–Kier alpha value is -2.23. The molecule has 2 aromatic rings. The molecule has 2 heterocycles. The molecule has 0 amide bonds. The van der Waals surface area contributed by atoms with Gasteiger partial charge in [0.25, 0.3) is 10.2 Å². The van der Waals surface area contributed by atoms with Crippen molar-refractivity contribution in [3.8, 4) is 5.69 Å². The normalized spacial score (nSPS) is 15.0. The molecule has 0 fully saturated rings. The maximum Gasteiger partial charge on any atom is 0.359 e. The number of rotatable bonds is 5. The summed E-state index contributed by atoms with van der Waals surface area (Å²) in [5.74, 6) is -0.538. The maximum atomic E-state index is 12.5. The van der Waals surface area contributed by atoms with Gasteiger partial charge in [-0.3, -0.25) is 0 Å². The number of aryl methyl sites for hydroxylation is 1. The van der Waals surface area contributed by atoms with Crippen molar-refractivity contribution in [3.05, 3.63) is 46.8 Å². The van der Waals surface area contributed by atoms with Gasteiger partial charge in [-0.15, -0.1) is 0 Å². The van der Waals surface area contributed by atoms with E-state index in [1.165, 1.54) is 22.7 Å². The molecule has 3 rings (SSSR count). The lowest BCUT2D eigenvalue weighted by Crippen LogP contribution is -2.43. The molecule has 146 valence electrons. The van der Waals surface area contributed by atoms with E-state index < -0.39 is 16.2 Å². The minimum absolute atomic E-state index is 0.0931. The first-order chi connectivity index (χ1) is 12.8. The van der Waals surface area contributed by atoms with Gasteiger partial charge in [0.1, 0.15) is 0 Å². The summed E-state index contributed by atoms with van der Waals surface area (Å²) in [5.41, 5.74) is 3.56. The lowest BCUT2D eigenvalue weighted by atomic mass is 10.1. The van der Waals surface area contributed by atoms with Crippen LogP contribution < -0.4 is 0 Å². The molecule has 27 heavy (non-hydrogen) atoms. The number of aromatic nitrogens is 2. The van der Waals surface area contributed by atoms with Gasteiger partial charge in [-0.2, -0.15) is 22.1 Å². The van der Waals surface area contributed by atoms with Gasteiger partial charge in [0, 0.05) is 39.2 Å². The summed E-state index contributed by atoms with van der Waals surface area (Å²) < 4.78 is 34.4. The number of esters is 1. The second-order valence-electron chi connectivity index (χ2n) is 6.62. The minimum Gasteiger partial charge on any atom is -0.461 e. The molecule has 0 saturated carbocycles. The van der Waals surface area contributed by atoms with E-state index >= 15 is 0 Å². The van der Waals surface area contributed by atoms with Crippen molar-refractivity contribution in [2.24, 2.45) is 0 Å². The van der Waals surface area contributed by atoms with Gasteiger partial charge < -0.3 is 4.74 Å². The van der Waals surface area contributed by atoms with Crippen molar-refractivity contribution in [1.29, 1.82) is 0 Å². The Labute approximate surface area is 159 Å². The first kappa shape index (κ1) is 19.5. The highest BCUT2D eigenvalue weighted by Crippen LogP contribution is 2.28. The van der Waals surface area contributed by atoms with E-state index in [0.29, 0.717) is 18.5 Å². The summed E-state index contributed by atoms with van der Waals surface area (Å²) >= 11 is 0. The molecule has 0 atom stereocenters. The molecule has 0 radical (unpaired) electrons. The van der Waals surface area contributed by atoms with E-state index in [1.54, 1.807) is 11.6 Å². The lowest BCUT2D eigenvalue weighted by molar-refractivity contribution is 0.0516. The van der Waals surface area contributed by atoms with Crippen molar-refractivity contribution in [2.45, 2.75) is 26.8 Å². The molecule has 0 unspecified atom stereocenters. The number of hydrogen-bond donors (Lipinski definition) is 0. The molecule has 1 aliphatic rings. The van der Waals surface area contributed by atoms with Crippen LogP contribution in [-0.4, -0.2) is 60.0 Å². The molecule has 0 saturated heterocycles. The van der Waals surface area contributed by atoms with Gasteiger partial charge in [0.05, 0.1) is 18.0 Å². The smallest absolute Gasteiger partial charge is 0.359 e. The third-order valence-corrected chi connectivity index (χ3v) is 6.44. The standard InChI is InChI=1S/C18H24N4O4S/c1-5-26-18(23)17-15-12-21(27(24,25)20(3)4)11-10-16(15)22(19-17)14-8-6-13(2)7-9-14/h6-9H,5,10-12H2,1-4H3. The number of carbonyl (C=O) groups excluding carboxylic acids is 1. The Bertz CT molecular complexity index is 948. The van der Waals surface area contributed by atoms with Crippen LogP contribution in [-0.2, 0) is 27.9 Å². The molecular formula is C18H24N4O4S. The Kier molecular flexibility index (Phi) is 5.36. The molecule has 1 aromatic carbocycles. The number of carbonyl (C=O) groups is 1. The topological polar surface area (TPSA) is 84.7 Å². The second kappa shape index (κ2) is 7.41. The van der Waals surface area contributed by atoms with E-state index in [0.717, 1.165) is 16.9 Å². The van der Waals surface area contributed by atoms with Crippen LogP contribution in [0.5, 0.6) is 0 Å². The van der Waals surface area contributed by atoms with Gasteiger partial charge in [0.15, 0.2) is 5.69 Å². The summed E-state index contributed by atoms with van der Waals surface area (Å²) in [6.45, 7) is 4.37. The predicted octanol–water partition coefficient (Wildman–Crippen LogP) is 1.52. The Morgan fingerprint density at radius 2 is 1.93 bits per heavy atom. The average molecular weight is 392 g/mol. The molecular weight excluding hydrogens is 368 g/mol. The lowest BCUT2D eigenvalue weighted by Gasteiger charge is -2.29. The number of ether oxygens (including phenoxy) is 1. The number of fused-ring (bicyclic) bond motifs is 1. The third-order valence-electron chi connectivity index (χ3n) is 4.56. The molecule has 1 aromatic heterocycles. The van der Waals surface area contributed by atoms with E-state index in [2.05, 4.69) is 5.10 Å². The van der Waals surface area contributed by atoms with Crippen LogP contribution >= 0.6 is 0 Å². The highest BCUT2D eigenvalue weighted by atomic mass is 32.2. The molecule has 0 spiro atoms. The predicted molar refractivity (Wildman–Crippen MR) is 101 cm³/mol. The van der Waals surface area contributed by atoms with Crippen LogP contribution in [0.15, 0.2) is 24.3 Å². The zero-order chi connectivity index (χ0) is 19.8. The van der Waals surface area contributed by atoms with Crippen LogP contribution in [0.3, 0.4) is 0 Å². The van der Waals surface area contributed by atoms with Crippen LogP contribution in [0, 0.1) is 6.92 Å². The Morgan fingerprint density at radius 3 is 2.52 bits per heavy atom. The Morgan fingerprint density at radius 1 is 1.26 bits per heavy atom. The summed E-state index contributed by atoms with van der Waals surface area (Å²) in [5, 5.41) is 4.48. The van der Waals surface area contributed by atoms with E-state index in [4.69, 9.17) is 4.74 Å². The molecule has 1 aliphatic heterocycles. The largest absolute Gasteiger partial charge is 0.461 e. The van der Waals surface area contributed by atoms with Gasteiger partial charge in [0.2, 0.25) is 0 Å². The fraction of sp³-hybridized carbons (Fsp3) is 0.444. The summed E-state index contributed by atoms with van der Waals surface area (Å²) in [4.78, 5) is 12.4. The van der Waals surface area contributed by atoms with Crippen LogP contribution in [0.4, 0.5) is 0 Å². The van der Waals surface area contributed by atoms with Crippen LogP contribution in [0.2, 0.25) is 0 Å². The van der Waals surface area contributed by atoms with Crippen molar-refractivity contribution in [2.75, 3.05) is 27.2 Å². The first-order valence-corrected chi connectivity index (χ1v) is 10.2. The third kappa shape index (κ3) is 3.62. The average Bonchev–Trinajstić information content (AvgIpc) is 3.01. The molecule has 0 aliphatic carbocycles.